The van der Waals surface area contributed by atoms with Gasteiger partial charge in [-0.3, -0.25) is 4.68 Å². The van der Waals surface area contributed by atoms with Crippen molar-refractivity contribution in [3.63, 3.8) is 0 Å². The molecule has 0 spiro atoms. The normalized spacial score (nSPS) is 21.4. The number of hydrogen-bond donors (Lipinski definition) is 0. The highest BCUT2D eigenvalue weighted by Crippen LogP contribution is 2.36. The van der Waals surface area contributed by atoms with Gasteiger partial charge in [0.2, 0.25) is 0 Å². The van der Waals surface area contributed by atoms with Crippen molar-refractivity contribution in [2.45, 2.75) is 72.1 Å². The van der Waals surface area contributed by atoms with Gasteiger partial charge in [-0.1, -0.05) is 6.92 Å². The summed E-state index contributed by atoms with van der Waals surface area (Å²) in [5.74, 6) is 0. The molecule has 0 atom stereocenters. The predicted octanol–water partition coefficient (Wildman–Crippen LogP) is 2.33. The summed E-state index contributed by atoms with van der Waals surface area (Å²) in [6, 6.07) is 0.353. The van der Waals surface area contributed by atoms with Crippen LogP contribution in [-0.4, -0.2) is 28.1 Å². The third-order valence-electron chi connectivity index (χ3n) is 4.26. The van der Waals surface area contributed by atoms with E-state index in [2.05, 4.69) is 58.2 Å². The summed E-state index contributed by atoms with van der Waals surface area (Å²) < 4.78 is 14.3. The molecule has 1 aromatic heterocycles. The number of rotatable bonds is 3. The lowest BCUT2D eigenvalue weighted by molar-refractivity contribution is 0.00578. The van der Waals surface area contributed by atoms with Crippen LogP contribution in [0, 0.1) is 0 Å². The molecule has 2 rings (SSSR count). The third kappa shape index (κ3) is 2.34. The molecule has 19 heavy (non-hydrogen) atoms. The summed E-state index contributed by atoms with van der Waals surface area (Å²) in [5, 5.41) is 4.48. The number of hydrogen-bond acceptors (Lipinski definition) is 3. The summed E-state index contributed by atoms with van der Waals surface area (Å²) in [6.07, 6.45) is 2.82. The molecular formula is C14H25BN2O2. The van der Waals surface area contributed by atoms with E-state index in [9.17, 15) is 0 Å². The fraction of sp³-hybridized carbons (Fsp3) is 0.786. The SMILES string of the molecule is CCc1c(B2OC(C)(C)C(C)(C)O2)cnn1C(C)C. The predicted molar refractivity (Wildman–Crippen MR) is 77.7 cm³/mol. The van der Waals surface area contributed by atoms with Crippen molar-refractivity contribution in [2.75, 3.05) is 0 Å². The largest absolute Gasteiger partial charge is 0.498 e. The van der Waals surface area contributed by atoms with E-state index in [1.54, 1.807) is 0 Å². The van der Waals surface area contributed by atoms with Crippen molar-refractivity contribution in [1.82, 2.24) is 9.78 Å². The van der Waals surface area contributed by atoms with Crippen LogP contribution in [0.3, 0.4) is 0 Å². The Bertz CT molecular complexity index is 450. The highest BCUT2D eigenvalue weighted by molar-refractivity contribution is 6.62. The molecule has 0 unspecified atom stereocenters. The molecule has 0 amide bonds. The molecule has 1 fully saturated rings. The fourth-order valence-electron chi connectivity index (χ4n) is 2.38. The van der Waals surface area contributed by atoms with Gasteiger partial charge < -0.3 is 9.31 Å². The van der Waals surface area contributed by atoms with E-state index in [-0.39, 0.29) is 18.3 Å². The van der Waals surface area contributed by atoms with Crippen LogP contribution < -0.4 is 5.46 Å². The topological polar surface area (TPSA) is 36.3 Å². The van der Waals surface area contributed by atoms with Gasteiger partial charge in [-0.25, -0.2) is 0 Å². The van der Waals surface area contributed by atoms with Gasteiger partial charge in [-0.2, -0.15) is 5.10 Å². The Labute approximate surface area is 116 Å². The van der Waals surface area contributed by atoms with Gasteiger partial charge in [0.25, 0.3) is 0 Å². The lowest BCUT2D eigenvalue weighted by Crippen LogP contribution is -2.41. The zero-order chi connectivity index (χ0) is 14.4. The molecule has 1 aliphatic rings. The van der Waals surface area contributed by atoms with Crippen LogP contribution in [-0.2, 0) is 15.7 Å². The molecule has 1 aromatic rings. The van der Waals surface area contributed by atoms with Gasteiger partial charge in [0.15, 0.2) is 0 Å². The summed E-state index contributed by atoms with van der Waals surface area (Å²) >= 11 is 0. The van der Waals surface area contributed by atoms with E-state index >= 15 is 0 Å². The number of nitrogens with zero attached hydrogens (tertiary/aromatic N) is 2. The van der Waals surface area contributed by atoms with Crippen LogP contribution in [0.4, 0.5) is 0 Å². The smallest absolute Gasteiger partial charge is 0.399 e. The summed E-state index contributed by atoms with van der Waals surface area (Å²) in [4.78, 5) is 0. The molecule has 0 bridgehead atoms. The molecule has 0 aromatic carbocycles. The van der Waals surface area contributed by atoms with E-state index < -0.39 is 0 Å². The highest BCUT2D eigenvalue weighted by Gasteiger charge is 2.52. The minimum atomic E-state index is -0.313. The average molecular weight is 264 g/mol. The molecule has 106 valence electrons. The molecule has 0 radical (unpaired) electrons. The minimum Gasteiger partial charge on any atom is -0.399 e. The maximum absolute atomic E-state index is 6.11. The fourth-order valence-corrected chi connectivity index (χ4v) is 2.38. The Morgan fingerprint density at radius 3 is 2.16 bits per heavy atom. The van der Waals surface area contributed by atoms with Crippen molar-refractivity contribution in [3.05, 3.63) is 11.9 Å². The second-order valence-corrected chi connectivity index (χ2v) is 6.53. The first-order valence-corrected chi connectivity index (χ1v) is 7.11. The molecule has 2 heterocycles. The van der Waals surface area contributed by atoms with Crippen molar-refractivity contribution < 1.29 is 9.31 Å². The third-order valence-corrected chi connectivity index (χ3v) is 4.26. The molecule has 5 heteroatoms. The molecule has 0 saturated carbocycles. The van der Waals surface area contributed by atoms with Crippen molar-refractivity contribution >= 4 is 12.6 Å². The summed E-state index contributed by atoms with van der Waals surface area (Å²) in [6.45, 7) is 14.7. The van der Waals surface area contributed by atoms with E-state index in [1.807, 2.05) is 6.20 Å². The van der Waals surface area contributed by atoms with Crippen LogP contribution in [0.1, 0.15) is 60.2 Å². The summed E-state index contributed by atoms with van der Waals surface area (Å²) in [7, 11) is -0.313. The van der Waals surface area contributed by atoms with Crippen LogP contribution in [0.2, 0.25) is 0 Å². The van der Waals surface area contributed by atoms with Crippen molar-refractivity contribution in [3.8, 4) is 0 Å². The van der Waals surface area contributed by atoms with E-state index in [4.69, 9.17) is 9.31 Å². The Morgan fingerprint density at radius 1 is 1.21 bits per heavy atom. The maximum atomic E-state index is 6.11. The molecular weight excluding hydrogens is 239 g/mol. The lowest BCUT2D eigenvalue weighted by Gasteiger charge is -2.32. The summed E-state index contributed by atoms with van der Waals surface area (Å²) in [5.41, 5.74) is 1.66. The van der Waals surface area contributed by atoms with Crippen LogP contribution in [0.25, 0.3) is 0 Å². The highest BCUT2D eigenvalue weighted by atomic mass is 16.7. The Hall–Kier alpha value is -0.805. The zero-order valence-corrected chi connectivity index (χ0v) is 13.2. The quantitative estimate of drug-likeness (QED) is 0.786. The van der Waals surface area contributed by atoms with Gasteiger partial charge in [0.05, 0.1) is 11.2 Å². The molecule has 1 saturated heterocycles. The Balaban J connectivity index is 2.35. The molecule has 4 nitrogen and oxygen atoms in total. The monoisotopic (exact) mass is 264 g/mol. The van der Waals surface area contributed by atoms with E-state index in [1.165, 1.54) is 5.69 Å². The maximum Gasteiger partial charge on any atom is 0.498 e. The second kappa shape index (κ2) is 4.63. The van der Waals surface area contributed by atoms with E-state index in [0.29, 0.717) is 6.04 Å². The lowest BCUT2D eigenvalue weighted by atomic mass is 9.78. The van der Waals surface area contributed by atoms with Gasteiger partial charge >= 0.3 is 7.12 Å². The minimum absolute atomic E-state index is 0.303. The van der Waals surface area contributed by atoms with Crippen LogP contribution >= 0.6 is 0 Å². The second-order valence-electron chi connectivity index (χ2n) is 6.53. The molecule has 1 aliphatic heterocycles. The van der Waals surface area contributed by atoms with Crippen molar-refractivity contribution in [2.24, 2.45) is 0 Å². The van der Waals surface area contributed by atoms with Crippen molar-refractivity contribution in [1.29, 1.82) is 0 Å². The van der Waals surface area contributed by atoms with Gasteiger partial charge in [0.1, 0.15) is 0 Å². The van der Waals surface area contributed by atoms with Gasteiger partial charge in [0, 0.05) is 23.4 Å². The van der Waals surface area contributed by atoms with E-state index in [0.717, 1.165) is 11.9 Å². The first-order chi connectivity index (χ1) is 8.69. The first-order valence-electron chi connectivity index (χ1n) is 7.11. The molecule has 0 aliphatic carbocycles. The zero-order valence-electron chi connectivity index (χ0n) is 13.2. The van der Waals surface area contributed by atoms with Crippen LogP contribution in [0.15, 0.2) is 6.20 Å². The average Bonchev–Trinajstić information content (AvgIpc) is 2.77. The van der Waals surface area contributed by atoms with Crippen LogP contribution in [0.5, 0.6) is 0 Å². The Kier molecular flexibility index (Phi) is 3.56. The number of aromatic nitrogens is 2. The first kappa shape index (κ1) is 14.6. The molecule has 0 N–H and O–H groups in total. The Morgan fingerprint density at radius 2 is 1.74 bits per heavy atom. The standard InChI is InChI=1S/C14H25BN2O2/c1-8-12-11(9-16-17(12)10(2)3)15-18-13(4,5)14(6,7)19-15/h9-10H,8H2,1-7H3. The van der Waals surface area contributed by atoms with Gasteiger partial charge in [-0.05, 0) is 48.0 Å². The van der Waals surface area contributed by atoms with Gasteiger partial charge in [-0.15, -0.1) is 0 Å².